The minimum absolute atomic E-state index is 0.396. The lowest BCUT2D eigenvalue weighted by atomic mass is 10.1. The van der Waals surface area contributed by atoms with Crippen LogP contribution in [0.25, 0.3) is 0 Å². The number of hydrogen-bond donors (Lipinski definition) is 1. The second-order valence-electron chi connectivity index (χ2n) is 4.92. The van der Waals surface area contributed by atoms with Crippen LogP contribution in [-0.2, 0) is 4.79 Å². The van der Waals surface area contributed by atoms with Gasteiger partial charge in [0.25, 0.3) is 0 Å². The number of alkyl halides is 3. The van der Waals surface area contributed by atoms with Gasteiger partial charge in [-0.2, -0.15) is 13.2 Å². The first kappa shape index (κ1) is 18.7. The molecule has 124 valence electrons. The van der Waals surface area contributed by atoms with Gasteiger partial charge in [0.15, 0.2) is 0 Å². The molecular weight excluding hydrogens is 315 g/mol. The van der Waals surface area contributed by atoms with Crippen molar-refractivity contribution in [1.29, 1.82) is 0 Å². The topological polar surface area (TPSA) is 38.3 Å². The molecule has 1 atom stereocenters. The van der Waals surface area contributed by atoms with Crippen LogP contribution in [0.15, 0.2) is 18.2 Å². The molecule has 0 bridgehead atoms. The molecule has 3 nitrogen and oxygen atoms in total. The average Bonchev–Trinajstić information content (AvgIpc) is 2.42. The van der Waals surface area contributed by atoms with E-state index in [2.05, 4.69) is 0 Å². The summed E-state index contributed by atoms with van der Waals surface area (Å²) in [5, 5.41) is 1.32. The fourth-order valence-corrected chi connectivity index (χ4v) is 2.57. The summed E-state index contributed by atoms with van der Waals surface area (Å²) < 4.78 is 41.7. The second-order valence-corrected chi connectivity index (χ2v) is 6.36. The Bertz CT molecular complexity index is 486. The zero-order valence-corrected chi connectivity index (χ0v) is 13.6. The van der Waals surface area contributed by atoms with Gasteiger partial charge in [0, 0.05) is 5.75 Å². The smallest absolute Gasteiger partial charge is 0.405 e. The normalized spacial score (nSPS) is 12.8. The number of ether oxygens (including phenoxy) is 1. The number of hydrogen-bond acceptors (Lipinski definition) is 3. The third-order valence-electron chi connectivity index (χ3n) is 2.94. The number of para-hydroxylation sites is 1. The largest absolute Gasteiger partial charge is 0.492 e. The SMILES string of the molecule is Cc1cccc(C)c1OCCSC(C)C(=O)NCC(F)(F)F. The summed E-state index contributed by atoms with van der Waals surface area (Å²) in [6.45, 7) is 4.57. The van der Waals surface area contributed by atoms with E-state index >= 15 is 0 Å². The number of nitrogens with one attached hydrogen (secondary N) is 1. The van der Waals surface area contributed by atoms with E-state index in [1.165, 1.54) is 11.8 Å². The van der Waals surface area contributed by atoms with Gasteiger partial charge >= 0.3 is 6.18 Å². The molecule has 1 amide bonds. The van der Waals surface area contributed by atoms with Crippen LogP contribution in [0.2, 0.25) is 0 Å². The average molecular weight is 335 g/mol. The van der Waals surface area contributed by atoms with Crippen molar-refractivity contribution < 1.29 is 22.7 Å². The molecule has 0 spiro atoms. The molecule has 0 heterocycles. The van der Waals surface area contributed by atoms with E-state index in [0.717, 1.165) is 16.9 Å². The van der Waals surface area contributed by atoms with E-state index in [0.29, 0.717) is 12.4 Å². The van der Waals surface area contributed by atoms with Crippen LogP contribution in [0.4, 0.5) is 13.2 Å². The number of aryl methyl sites for hydroxylation is 2. The number of thioether (sulfide) groups is 1. The Kier molecular flexibility index (Phi) is 7.06. The van der Waals surface area contributed by atoms with Crippen LogP contribution < -0.4 is 10.1 Å². The van der Waals surface area contributed by atoms with E-state index in [-0.39, 0.29) is 0 Å². The summed E-state index contributed by atoms with van der Waals surface area (Å²) in [7, 11) is 0. The number of halogens is 3. The molecule has 1 aromatic rings. The number of benzene rings is 1. The highest BCUT2D eigenvalue weighted by atomic mass is 32.2. The predicted octanol–water partition coefficient (Wildman–Crippen LogP) is 3.48. The van der Waals surface area contributed by atoms with Crippen LogP contribution in [0.5, 0.6) is 5.75 Å². The van der Waals surface area contributed by atoms with Crippen LogP contribution in [0, 0.1) is 13.8 Å². The van der Waals surface area contributed by atoms with Crippen LogP contribution >= 0.6 is 11.8 Å². The Hall–Kier alpha value is -1.37. The monoisotopic (exact) mass is 335 g/mol. The number of rotatable bonds is 7. The maximum absolute atomic E-state index is 12.0. The zero-order valence-electron chi connectivity index (χ0n) is 12.8. The third kappa shape index (κ3) is 6.60. The lowest BCUT2D eigenvalue weighted by molar-refractivity contribution is -0.137. The van der Waals surface area contributed by atoms with Gasteiger partial charge in [-0.1, -0.05) is 18.2 Å². The van der Waals surface area contributed by atoms with Gasteiger partial charge in [-0.15, -0.1) is 11.8 Å². The Morgan fingerprint density at radius 3 is 2.45 bits per heavy atom. The highest BCUT2D eigenvalue weighted by molar-refractivity contribution is 8.00. The summed E-state index contributed by atoms with van der Waals surface area (Å²) in [5.74, 6) is 0.723. The summed E-state index contributed by atoms with van der Waals surface area (Å²) in [6.07, 6.45) is -4.38. The Morgan fingerprint density at radius 2 is 1.91 bits per heavy atom. The molecule has 0 radical (unpaired) electrons. The summed E-state index contributed by atoms with van der Waals surface area (Å²) in [4.78, 5) is 11.5. The fraction of sp³-hybridized carbons (Fsp3) is 0.533. The minimum Gasteiger partial charge on any atom is -0.492 e. The number of carbonyl (C=O) groups is 1. The molecular formula is C15H20F3NO2S. The van der Waals surface area contributed by atoms with Crippen LogP contribution in [0.1, 0.15) is 18.1 Å². The van der Waals surface area contributed by atoms with Crippen molar-refractivity contribution in [3.8, 4) is 5.75 Å². The molecule has 0 saturated carbocycles. The molecule has 0 aliphatic rings. The molecule has 1 N–H and O–H groups in total. The molecule has 0 fully saturated rings. The van der Waals surface area contributed by atoms with E-state index < -0.39 is 23.9 Å². The summed E-state index contributed by atoms with van der Waals surface area (Å²) >= 11 is 1.26. The molecule has 0 aliphatic heterocycles. The van der Waals surface area contributed by atoms with Crippen molar-refractivity contribution in [2.45, 2.75) is 32.2 Å². The molecule has 1 aromatic carbocycles. The van der Waals surface area contributed by atoms with Crippen molar-refractivity contribution in [3.05, 3.63) is 29.3 Å². The zero-order chi connectivity index (χ0) is 16.8. The molecule has 7 heteroatoms. The van der Waals surface area contributed by atoms with E-state index in [1.54, 1.807) is 6.92 Å². The Labute approximate surface area is 132 Å². The van der Waals surface area contributed by atoms with E-state index in [9.17, 15) is 18.0 Å². The quantitative estimate of drug-likeness (QED) is 0.775. The summed E-state index contributed by atoms with van der Waals surface area (Å²) in [6, 6.07) is 5.84. The van der Waals surface area contributed by atoms with Gasteiger partial charge in [0.1, 0.15) is 12.3 Å². The van der Waals surface area contributed by atoms with Crippen molar-refractivity contribution in [2.24, 2.45) is 0 Å². The van der Waals surface area contributed by atoms with Crippen molar-refractivity contribution in [2.75, 3.05) is 18.9 Å². The maximum Gasteiger partial charge on any atom is 0.405 e. The van der Waals surface area contributed by atoms with Crippen molar-refractivity contribution >= 4 is 17.7 Å². The maximum atomic E-state index is 12.0. The molecule has 0 saturated heterocycles. The molecule has 0 aromatic heterocycles. The van der Waals surface area contributed by atoms with Gasteiger partial charge < -0.3 is 10.1 Å². The van der Waals surface area contributed by atoms with Crippen LogP contribution in [0.3, 0.4) is 0 Å². The third-order valence-corrected chi connectivity index (χ3v) is 4.06. The number of carbonyl (C=O) groups excluding carboxylic acids is 1. The lowest BCUT2D eigenvalue weighted by Gasteiger charge is -2.15. The molecule has 1 unspecified atom stereocenters. The van der Waals surface area contributed by atoms with E-state index in [1.807, 2.05) is 37.4 Å². The first-order valence-electron chi connectivity index (χ1n) is 6.86. The molecule has 22 heavy (non-hydrogen) atoms. The Morgan fingerprint density at radius 1 is 1.32 bits per heavy atom. The van der Waals surface area contributed by atoms with Gasteiger partial charge in [0.05, 0.1) is 11.9 Å². The highest BCUT2D eigenvalue weighted by Crippen LogP contribution is 2.22. The minimum atomic E-state index is -4.38. The highest BCUT2D eigenvalue weighted by Gasteiger charge is 2.28. The van der Waals surface area contributed by atoms with Gasteiger partial charge in [-0.05, 0) is 31.9 Å². The van der Waals surface area contributed by atoms with Crippen molar-refractivity contribution in [1.82, 2.24) is 5.32 Å². The predicted molar refractivity (Wildman–Crippen MR) is 82.4 cm³/mol. The first-order valence-corrected chi connectivity index (χ1v) is 7.90. The molecule has 1 rings (SSSR count). The lowest BCUT2D eigenvalue weighted by Crippen LogP contribution is -2.38. The first-order chi connectivity index (χ1) is 10.2. The van der Waals surface area contributed by atoms with Gasteiger partial charge in [-0.25, -0.2) is 0 Å². The Balaban J connectivity index is 2.30. The molecule has 0 aliphatic carbocycles. The summed E-state index contributed by atoms with van der Waals surface area (Å²) in [5.41, 5.74) is 2.06. The standard InChI is InChI=1S/C15H20F3NO2S/c1-10-5-4-6-11(2)13(10)21-7-8-22-12(3)14(20)19-9-15(16,17)18/h4-6,12H,7-9H2,1-3H3,(H,19,20). The van der Waals surface area contributed by atoms with Gasteiger partial charge in [0.2, 0.25) is 5.91 Å². The second kappa shape index (κ2) is 8.31. The van der Waals surface area contributed by atoms with Gasteiger partial charge in [-0.3, -0.25) is 4.79 Å². The number of amides is 1. The van der Waals surface area contributed by atoms with Crippen LogP contribution in [-0.4, -0.2) is 36.2 Å². The van der Waals surface area contributed by atoms with Crippen molar-refractivity contribution in [3.63, 3.8) is 0 Å². The van der Waals surface area contributed by atoms with E-state index in [4.69, 9.17) is 4.74 Å². The fourth-order valence-electron chi connectivity index (χ4n) is 1.80.